The molecule has 0 saturated heterocycles. The van der Waals surface area contributed by atoms with Gasteiger partial charge >= 0.3 is 0 Å². The Labute approximate surface area is 190 Å². The molecule has 1 nitrogen and oxygen atoms in total. The van der Waals surface area contributed by atoms with Crippen LogP contribution in [-0.2, 0) is 4.79 Å². The van der Waals surface area contributed by atoms with E-state index >= 15 is 0 Å². The summed E-state index contributed by atoms with van der Waals surface area (Å²) in [7, 11) is 0. The van der Waals surface area contributed by atoms with Gasteiger partial charge in [-0.1, -0.05) is 105 Å². The van der Waals surface area contributed by atoms with Crippen molar-refractivity contribution in [3.63, 3.8) is 0 Å². The molecule has 0 N–H and O–H groups in total. The molecule has 162 valence electrons. The Hall–Kier alpha value is -2.93. The van der Waals surface area contributed by atoms with E-state index in [-0.39, 0.29) is 11.3 Å². The van der Waals surface area contributed by atoms with Crippen molar-refractivity contribution in [2.45, 2.75) is 57.8 Å². The van der Waals surface area contributed by atoms with Crippen LogP contribution in [0.15, 0.2) is 72.8 Å². The molecule has 1 saturated carbocycles. The maximum atomic E-state index is 13.5. The maximum Gasteiger partial charge on any atom is 0.146 e. The molecule has 2 atom stereocenters. The molecule has 0 radical (unpaired) electrons. The first-order chi connectivity index (χ1) is 15.6. The van der Waals surface area contributed by atoms with Crippen molar-refractivity contribution in [3.05, 3.63) is 105 Å². The van der Waals surface area contributed by atoms with Gasteiger partial charge in [0.2, 0.25) is 0 Å². The van der Waals surface area contributed by atoms with Gasteiger partial charge in [0, 0.05) is 17.3 Å². The summed E-state index contributed by atoms with van der Waals surface area (Å²) in [6.07, 6.45) is 10.1. The largest absolute Gasteiger partial charge is 0.298 e. The van der Waals surface area contributed by atoms with Crippen molar-refractivity contribution in [1.29, 1.82) is 0 Å². The molecule has 0 amide bonds. The Kier molecular flexibility index (Phi) is 5.59. The van der Waals surface area contributed by atoms with E-state index in [1.54, 1.807) is 0 Å². The van der Waals surface area contributed by atoms with Gasteiger partial charge < -0.3 is 0 Å². The van der Waals surface area contributed by atoms with E-state index in [0.29, 0.717) is 11.7 Å². The molecular formula is C31H32O. The third-order valence-corrected chi connectivity index (χ3v) is 7.66. The van der Waals surface area contributed by atoms with Crippen molar-refractivity contribution in [2.24, 2.45) is 5.41 Å². The summed E-state index contributed by atoms with van der Waals surface area (Å²) >= 11 is 0. The second kappa shape index (κ2) is 8.54. The van der Waals surface area contributed by atoms with Gasteiger partial charge in [0.25, 0.3) is 0 Å². The number of hydrogen-bond acceptors (Lipinski definition) is 1. The van der Waals surface area contributed by atoms with Gasteiger partial charge in [0.1, 0.15) is 5.78 Å². The number of carbonyl (C=O) groups is 1. The van der Waals surface area contributed by atoms with E-state index in [0.717, 1.165) is 25.7 Å². The summed E-state index contributed by atoms with van der Waals surface area (Å²) in [5.74, 6) is 0.930. The predicted octanol–water partition coefficient (Wildman–Crippen LogP) is 5.97. The number of Topliss-reactive ketones (excluding diaryl/α,β-unsaturated/α-hetero) is 1. The molecule has 0 spiro atoms. The fraction of sp³-hybridized carbons (Fsp3) is 0.323. The van der Waals surface area contributed by atoms with Gasteiger partial charge in [0.05, 0.1) is 0 Å². The van der Waals surface area contributed by atoms with E-state index < -0.39 is 0 Å². The Morgan fingerprint density at radius 3 is 2.16 bits per heavy atom. The summed E-state index contributed by atoms with van der Waals surface area (Å²) in [5.41, 5.74) is 2.66. The molecule has 0 aromatic heterocycles. The first-order valence-electron chi connectivity index (χ1n) is 12.1. The molecule has 32 heavy (non-hydrogen) atoms. The summed E-state index contributed by atoms with van der Waals surface area (Å²) in [6.45, 7) is 4.48. The third-order valence-electron chi connectivity index (χ3n) is 7.66. The van der Waals surface area contributed by atoms with Gasteiger partial charge in [-0.2, -0.15) is 0 Å². The lowest BCUT2D eigenvalue weighted by atomic mass is 9.62. The number of rotatable bonds is 2. The van der Waals surface area contributed by atoms with Gasteiger partial charge in [-0.3, -0.25) is 4.79 Å². The van der Waals surface area contributed by atoms with E-state index in [9.17, 15) is 4.79 Å². The minimum Gasteiger partial charge on any atom is -0.298 e. The first-order valence-corrected chi connectivity index (χ1v) is 12.1. The van der Waals surface area contributed by atoms with Crippen LogP contribution in [0.4, 0.5) is 0 Å². The fourth-order valence-electron chi connectivity index (χ4n) is 5.76. The van der Waals surface area contributed by atoms with E-state index in [1.807, 2.05) is 36.4 Å². The number of fused-ring (bicyclic) bond motifs is 4. The monoisotopic (exact) mass is 420 g/mol. The van der Waals surface area contributed by atoms with Crippen LogP contribution < -0.4 is 10.4 Å². The molecule has 6 rings (SSSR count). The smallest absolute Gasteiger partial charge is 0.146 e. The van der Waals surface area contributed by atoms with Gasteiger partial charge in [-0.25, -0.2) is 0 Å². The number of carbonyl (C=O) groups excluding carboxylic acids is 1. The highest BCUT2D eigenvalue weighted by Crippen LogP contribution is 2.46. The van der Waals surface area contributed by atoms with Crippen molar-refractivity contribution in [2.75, 3.05) is 0 Å². The molecule has 1 heteroatoms. The second-order valence-electron chi connectivity index (χ2n) is 9.84. The highest BCUT2D eigenvalue weighted by Gasteiger charge is 2.43. The first kappa shape index (κ1) is 20.9. The molecule has 3 aliphatic carbocycles. The average molecular weight is 421 g/mol. The van der Waals surface area contributed by atoms with E-state index in [4.69, 9.17) is 0 Å². The predicted molar refractivity (Wildman–Crippen MR) is 133 cm³/mol. The summed E-state index contributed by atoms with van der Waals surface area (Å²) < 4.78 is 0. The topological polar surface area (TPSA) is 17.1 Å². The van der Waals surface area contributed by atoms with Crippen molar-refractivity contribution >= 4 is 17.9 Å². The standard InChI is InChI=1S/C25H26O.C6H6/c1-16-15-18-7-3-4-9-19(18)20-12-11-17-8-5-10-21(23(17)22(16)20)24(26)25(2)13-6-14-25;1-2-4-6-5-3-1/h3-4,7-9,11-12,15-16,21H,5-6,10,13-14H2,1-2H3;1-6H/t16?,21-;/m1./s1. The molecular weight excluding hydrogens is 388 g/mol. The fourth-order valence-corrected chi connectivity index (χ4v) is 5.76. The maximum absolute atomic E-state index is 13.5. The minimum absolute atomic E-state index is 0.0800. The lowest BCUT2D eigenvalue weighted by Gasteiger charge is -2.40. The molecule has 0 aliphatic heterocycles. The lowest BCUT2D eigenvalue weighted by Crippen LogP contribution is -2.41. The Morgan fingerprint density at radius 2 is 1.50 bits per heavy atom. The van der Waals surface area contributed by atoms with Crippen LogP contribution in [0, 0.1) is 15.9 Å². The second-order valence-corrected chi connectivity index (χ2v) is 9.84. The number of ketones is 1. The van der Waals surface area contributed by atoms with Crippen LogP contribution in [0.5, 0.6) is 0 Å². The molecule has 3 aromatic rings. The van der Waals surface area contributed by atoms with Crippen LogP contribution in [0.25, 0.3) is 12.2 Å². The number of hydrogen-bond donors (Lipinski definition) is 0. The molecule has 0 heterocycles. The average Bonchev–Trinajstić information content (AvgIpc) is 2.83. The van der Waals surface area contributed by atoms with Crippen LogP contribution >= 0.6 is 0 Å². The quantitative estimate of drug-likeness (QED) is 0.499. The van der Waals surface area contributed by atoms with Gasteiger partial charge in [0.15, 0.2) is 0 Å². The van der Waals surface area contributed by atoms with Gasteiger partial charge in [-0.15, -0.1) is 0 Å². The summed E-state index contributed by atoms with van der Waals surface area (Å²) in [4.78, 5) is 13.5. The van der Waals surface area contributed by atoms with Crippen LogP contribution in [0.1, 0.15) is 68.9 Å². The van der Waals surface area contributed by atoms with Crippen LogP contribution in [0.2, 0.25) is 0 Å². The summed E-state index contributed by atoms with van der Waals surface area (Å²) in [6, 6.07) is 25.2. The Morgan fingerprint density at radius 1 is 0.812 bits per heavy atom. The molecule has 1 unspecified atom stereocenters. The lowest BCUT2D eigenvalue weighted by molar-refractivity contribution is -0.134. The minimum atomic E-state index is -0.0818. The SMILES string of the molecule is CC1C=c2ccccc2=c2ccc3c(c21)[C@H](C(=O)C1(C)CCC1)CCC=3.c1ccccc1. The Balaban J connectivity index is 0.000000314. The molecule has 3 aliphatic rings. The van der Waals surface area contributed by atoms with Crippen molar-refractivity contribution < 1.29 is 4.79 Å². The highest BCUT2D eigenvalue weighted by molar-refractivity contribution is 5.92. The number of benzene rings is 3. The molecule has 3 aromatic carbocycles. The van der Waals surface area contributed by atoms with Crippen LogP contribution in [-0.4, -0.2) is 5.78 Å². The van der Waals surface area contributed by atoms with E-state index in [2.05, 4.69) is 62.4 Å². The Bertz CT molecular complexity index is 1320. The van der Waals surface area contributed by atoms with E-state index in [1.165, 1.54) is 38.4 Å². The van der Waals surface area contributed by atoms with Crippen LogP contribution in [0.3, 0.4) is 0 Å². The molecule has 1 fully saturated rings. The van der Waals surface area contributed by atoms with Gasteiger partial charge in [-0.05, 0) is 57.7 Å². The van der Waals surface area contributed by atoms with Crippen molar-refractivity contribution in [3.8, 4) is 0 Å². The zero-order chi connectivity index (χ0) is 22.1. The normalized spacial score (nSPS) is 21.7. The highest BCUT2D eigenvalue weighted by atomic mass is 16.1. The zero-order valence-electron chi connectivity index (χ0n) is 19.2. The summed E-state index contributed by atoms with van der Waals surface area (Å²) in [5, 5.41) is 5.27. The van der Waals surface area contributed by atoms with Crippen molar-refractivity contribution in [1.82, 2.24) is 0 Å². The zero-order valence-corrected chi connectivity index (χ0v) is 19.2. The third kappa shape index (κ3) is 3.64. The molecule has 0 bridgehead atoms.